The molecule has 5 heterocycles. The zero-order valence-electron chi connectivity index (χ0n) is 21.6. The number of benzene rings is 1. The Kier molecular flexibility index (Phi) is 5.54. The number of ether oxygens (including phenoxy) is 1. The molecule has 0 radical (unpaired) electrons. The van der Waals surface area contributed by atoms with Gasteiger partial charge in [0.2, 0.25) is 0 Å². The first-order chi connectivity index (χ1) is 18.6. The van der Waals surface area contributed by atoms with E-state index >= 15 is 4.39 Å². The molecule has 3 aliphatic heterocycles. The molecule has 1 saturated carbocycles. The van der Waals surface area contributed by atoms with E-state index in [-0.39, 0.29) is 54.0 Å². The number of nitrogens with one attached hydrogen (secondary N) is 1. The number of halogens is 1. The average molecular weight is 553 g/mol. The molecule has 9 nitrogen and oxygen atoms in total. The molecule has 3 aromatic rings. The number of hydrogen-bond donors (Lipinski definition) is 4. The molecule has 0 bridgehead atoms. The average Bonchev–Trinajstić information content (AvgIpc) is 3.71. The minimum absolute atomic E-state index is 0.0428. The number of aliphatic hydroxyl groups is 2. The maximum atomic E-state index is 15.0. The standard InChI is InChI=1S/C28H29FN4O5S/c1-3-28(37)15-6-19-23-13(8-33(19)26(35)14(15)9-38-27(28)36)20-18(32-25(34)22(30)12-4-5-12)10-39-24-11(2)16(29)7-17(31-23)21(20)24/h6-7,12,18,22,25,32,34,37H,3-5,8-10,30H2,1-2H3/t18-,22?,25?,28+/m1/s1. The van der Waals surface area contributed by atoms with Gasteiger partial charge in [-0.25, -0.2) is 14.2 Å². The summed E-state index contributed by atoms with van der Waals surface area (Å²) >= 11 is 1.51. The molecule has 204 valence electrons. The van der Waals surface area contributed by atoms with Crippen LogP contribution in [-0.4, -0.2) is 43.8 Å². The van der Waals surface area contributed by atoms with Gasteiger partial charge < -0.3 is 25.3 Å². The highest BCUT2D eigenvalue weighted by Crippen LogP contribution is 2.48. The van der Waals surface area contributed by atoms with Crippen LogP contribution >= 0.6 is 11.8 Å². The van der Waals surface area contributed by atoms with Crippen LogP contribution in [-0.2, 0) is 28.3 Å². The third-order valence-corrected chi connectivity index (χ3v) is 10.1. The SMILES string of the molecule is CC[C@@]1(O)C(=O)OCc2c1cc1n(c2=O)Cc2c-1nc1cc(F)c(C)c3c1c2[C@H](NC(O)C(N)C1CC1)CS3. The van der Waals surface area contributed by atoms with Crippen molar-refractivity contribution in [2.45, 2.75) is 75.1 Å². The Bertz CT molecular complexity index is 1650. The van der Waals surface area contributed by atoms with Crippen molar-refractivity contribution in [1.82, 2.24) is 14.9 Å². The largest absolute Gasteiger partial charge is 0.458 e. The smallest absolute Gasteiger partial charge is 0.343 e. The normalized spacial score (nSPS) is 24.7. The van der Waals surface area contributed by atoms with E-state index in [9.17, 15) is 19.8 Å². The van der Waals surface area contributed by atoms with Crippen LogP contribution in [0.25, 0.3) is 22.3 Å². The number of pyridine rings is 2. The van der Waals surface area contributed by atoms with Crippen molar-refractivity contribution in [2.75, 3.05) is 5.75 Å². The van der Waals surface area contributed by atoms with Crippen LogP contribution in [0.1, 0.15) is 60.0 Å². The molecule has 4 aliphatic rings. The summed E-state index contributed by atoms with van der Waals surface area (Å²) in [4.78, 5) is 31.9. The lowest BCUT2D eigenvalue weighted by atomic mass is 9.86. The van der Waals surface area contributed by atoms with Crippen LogP contribution in [0, 0.1) is 18.7 Å². The van der Waals surface area contributed by atoms with Crippen LogP contribution in [0.15, 0.2) is 21.8 Å². The number of aromatic nitrogens is 2. The summed E-state index contributed by atoms with van der Waals surface area (Å²) in [7, 11) is 0. The Morgan fingerprint density at radius 3 is 2.82 bits per heavy atom. The minimum Gasteiger partial charge on any atom is -0.458 e. The quantitative estimate of drug-likeness (QED) is 0.217. The highest BCUT2D eigenvalue weighted by atomic mass is 32.2. The molecule has 0 saturated heterocycles. The van der Waals surface area contributed by atoms with E-state index in [2.05, 4.69) is 5.32 Å². The summed E-state index contributed by atoms with van der Waals surface area (Å²) in [6.07, 6.45) is 1.11. The zero-order chi connectivity index (χ0) is 27.4. The molecule has 7 rings (SSSR count). The lowest BCUT2D eigenvalue weighted by Gasteiger charge is -2.32. The van der Waals surface area contributed by atoms with Gasteiger partial charge in [0.1, 0.15) is 18.7 Å². The van der Waals surface area contributed by atoms with Gasteiger partial charge in [-0.05, 0) is 49.3 Å². The van der Waals surface area contributed by atoms with Crippen LogP contribution in [0.5, 0.6) is 0 Å². The monoisotopic (exact) mass is 552 g/mol. The Balaban J connectivity index is 1.45. The van der Waals surface area contributed by atoms with Gasteiger partial charge in [0, 0.05) is 45.3 Å². The van der Waals surface area contributed by atoms with E-state index in [1.165, 1.54) is 17.8 Å². The summed E-state index contributed by atoms with van der Waals surface area (Å²) in [6, 6.07) is 2.35. The number of rotatable bonds is 5. The molecule has 1 fully saturated rings. The molecule has 4 atom stereocenters. The maximum absolute atomic E-state index is 15.0. The number of nitrogens with two attached hydrogens (primary N) is 1. The molecule has 5 N–H and O–H groups in total. The van der Waals surface area contributed by atoms with Gasteiger partial charge in [0.15, 0.2) is 5.60 Å². The van der Waals surface area contributed by atoms with Gasteiger partial charge in [-0.2, -0.15) is 0 Å². The second kappa shape index (κ2) is 8.58. The molecule has 11 heteroatoms. The predicted octanol–water partition coefficient (Wildman–Crippen LogP) is 2.32. The highest BCUT2D eigenvalue weighted by molar-refractivity contribution is 7.99. The van der Waals surface area contributed by atoms with Crippen molar-refractivity contribution in [2.24, 2.45) is 11.7 Å². The maximum Gasteiger partial charge on any atom is 0.343 e. The van der Waals surface area contributed by atoms with Crippen LogP contribution in [0.3, 0.4) is 0 Å². The molecule has 0 spiro atoms. The number of hydrogen-bond acceptors (Lipinski definition) is 9. The summed E-state index contributed by atoms with van der Waals surface area (Å²) in [5.74, 6) is -0.329. The third-order valence-electron chi connectivity index (χ3n) is 8.81. The molecule has 2 aromatic heterocycles. The van der Waals surface area contributed by atoms with Crippen LogP contribution < -0.4 is 16.6 Å². The fraction of sp³-hybridized carbons (Fsp3) is 0.464. The van der Waals surface area contributed by atoms with E-state index in [1.54, 1.807) is 24.5 Å². The lowest BCUT2D eigenvalue weighted by molar-refractivity contribution is -0.172. The van der Waals surface area contributed by atoms with Crippen LogP contribution in [0.2, 0.25) is 0 Å². The summed E-state index contributed by atoms with van der Waals surface area (Å²) in [5, 5.41) is 26.3. The number of esters is 1. The number of cyclic esters (lactones) is 1. The Morgan fingerprint density at radius 2 is 2.10 bits per heavy atom. The first-order valence-corrected chi connectivity index (χ1v) is 14.3. The number of fused-ring (bicyclic) bond motifs is 5. The van der Waals surface area contributed by atoms with Crippen molar-refractivity contribution < 1.29 is 24.1 Å². The Labute approximate surface area is 227 Å². The molecular formula is C28H29FN4O5S. The van der Waals surface area contributed by atoms with E-state index < -0.39 is 23.8 Å². The summed E-state index contributed by atoms with van der Waals surface area (Å²) in [5.41, 5.74) is 8.11. The van der Waals surface area contributed by atoms with E-state index in [1.807, 2.05) is 0 Å². The van der Waals surface area contributed by atoms with Gasteiger partial charge in [-0.1, -0.05) is 6.92 Å². The van der Waals surface area contributed by atoms with Crippen molar-refractivity contribution in [1.29, 1.82) is 0 Å². The topological polar surface area (TPSA) is 140 Å². The minimum atomic E-state index is -1.93. The molecule has 1 aliphatic carbocycles. The third kappa shape index (κ3) is 3.50. The number of nitrogens with zero attached hydrogens (tertiary/aromatic N) is 2. The number of carbonyl (C=O) groups excluding carboxylic acids is 1. The molecule has 39 heavy (non-hydrogen) atoms. The highest BCUT2D eigenvalue weighted by Gasteiger charge is 2.46. The molecule has 0 amide bonds. The van der Waals surface area contributed by atoms with E-state index in [0.717, 1.165) is 34.3 Å². The van der Waals surface area contributed by atoms with Gasteiger partial charge in [-0.3, -0.25) is 10.1 Å². The van der Waals surface area contributed by atoms with Gasteiger partial charge in [-0.15, -0.1) is 11.8 Å². The van der Waals surface area contributed by atoms with Crippen molar-refractivity contribution >= 4 is 28.6 Å². The first-order valence-electron chi connectivity index (χ1n) is 13.3. The molecule has 1 aromatic carbocycles. The van der Waals surface area contributed by atoms with Crippen molar-refractivity contribution in [3.05, 3.63) is 56.1 Å². The number of carbonyl (C=O) groups is 1. The van der Waals surface area contributed by atoms with Gasteiger partial charge >= 0.3 is 5.97 Å². The van der Waals surface area contributed by atoms with Crippen molar-refractivity contribution in [3.63, 3.8) is 0 Å². The fourth-order valence-corrected chi connectivity index (χ4v) is 7.58. The Morgan fingerprint density at radius 1 is 1.33 bits per heavy atom. The zero-order valence-corrected chi connectivity index (χ0v) is 22.4. The predicted molar refractivity (Wildman–Crippen MR) is 143 cm³/mol. The van der Waals surface area contributed by atoms with Crippen LogP contribution in [0.4, 0.5) is 4.39 Å². The summed E-state index contributed by atoms with van der Waals surface area (Å²) in [6.45, 7) is 3.41. The second-order valence-electron chi connectivity index (χ2n) is 11.1. The van der Waals surface area contributed by atoms with E-state index in [4.69, 9.17) is 15.5 Å². The van der Waals surface area contributed by atoms with Crippen molar-refractivity contribution in [3.8, 4) is 11.4 Å². The van der Waals surface area contributed by atoms with E-state index in [0.29, 0.717) is 28.2 Å². The fourth-order valence-electron chi connectivity index (χ4n) is 6.31. The number of aliphatic hydroxyl groups excluding tert-OH is 1. The molecule has 2 unspecified atom stereocenters. The Hall–Kier alpha value is -2.83. The lowest BCUT2D eigenvalue weighted by Crippen LogP contribution is -2.48. The number of thioether (sulfide) groups is 1. The summed E-state index contributed by atoms with van der Waals surface area (Å²) < 4.78 is 21.8. The second-order valence-corrected chi connectivity index (χ2v) is 12.1. The van der Waals surface area contributed by atoms with Gasteiger partial charge in [0.25, 0.3) is 5.56 Å². The first kappa shape index (κ1) is 25.2. The van der Waals surface area contributed by atoms with Gasteiger partial charge in [0.05, 0.1) is 29.0 Å². The molecular weight excluding hydrogens is 523 g/mol.